The zero-order valence-electron chi connectivity index (χ0n) is 12.5. The highest BCUT2D eigenvalue weighted by Crippen LogP contribution is 2.12. The van der Waals surface area contributed by atoms with Gasteiger partial charge >= 0.3 is 5.97 Å². The summed E-state index contributed by atoms with van der Waals surface area (Å²) in [6.45, 7) is 10.5. The summed E-state index contributed by atoms with van der Waals surface area (Å²) in [7, 11) is 0. The van der Waals surface area contributed by atoms with Crippen molar-refractivity contribution in [2.75, 3.05) is 0 Å². The minimum Gasteiger partial charge on any atom is -0.459 e. The Labute approximate surface area is 114 Å². The lowest BCUT2D eigenvalue weighted by molar-refractivity contribution is -0.192. The molecule has 2 N–H and O–H groups in total. The summed E-state index contributed by atoms with van der Waals surface area (Å²) >= 11 is 0. The largest absolute Gasteiger partial charge is 0.459 e. The number of hydrogen-bond acceptors (Lipinski definition) is 6. The van der Waals surface area contributed by atoms with E-state index in [2.05, 4.69) is 5.32 Å². The van der Waals surface area contributed by atoms with Gasteiger partial charge in [-0.1, -0.05) is 0 Å². The predicted octanol–water partition coefficient (Wildman–Crippen LogP) is 0.966. The molecular weight excluding hydrogens is 250 g/mol. The van der Waals surface area contributed by atoms with Crippen LogP contribution in [0.2, 0.25) is 0 Å². The number of hydrogen-bond donors (Lipinski definition) is 2. The van der Waals surface area contributed by atoms with Crippen molar-refractivity contribution >= 4 is 12.3 Å². The zero-order chi connectivity index (χ0) is 15.3. The molecule has 0 heterocycles. The molecule has 19 heavy (non-hydrogen) atoms. The quantitative estimate of drug-likeness (QED) is 0.427. The Kier molecular flexibility index (Phi) is 6.62. The summed E-state index contributed by atoms with van der Waals surface area (Å²) in [6, 6.07) is -0.936. The predicted molar refractivity (Wildman–Crippen MR) is 70.3 cm³/mol. The Morgan fingerprint density at radius 3 is 2.11 bits per heavy atom. The van der Waals surface area contributed by atoms with Crippen LogP contribution >= 0.6 is 0 Å². The van der Waals surface area contributed by atoms with E-state index in [4.69, 9.17) is 9.47 Å². The molecule has 0 fully saturated rings. The molecule has 2 atom stereocenters. The van der Waals surface area contributed by atoms with Gasteiger partial charge in [0.1, 0.15) is 17.9 Å². The Balaban J connectivity index is 4.56. The van der Waals surface area contributed by atoms with Crippen LogP contribution in [0.1, 0.15) is 48.0 Å². The molecule has 0 bridgehead atoms. The molecule has 0 aliphatic heterocycles. The molecule has 0 aliphatic carbocycles. The van der Waals surface area contributed by atoms with Gasteiger partial charge in [-0.15, -0.1) is 0 Å². The average Bonchev–Trinajstić information content (AvgIpc) is 2.10. The van der Waals surface area contributed by atoms with Gasteiger partial charge in [0.05, 0.1) is 5.60 Å². The van der Waals surface area contributed by atoms with Gasteiger partial charge in [-0.3, -0.25) is 10.1 Å². The van der Waals surface area contributed by atoms with Crippen molar-refractivity contribution in [1.82, 2.24) is 5.32 Å². The number of rotatable bonds is 6. The minimum atomic E-state index is -1.35. The first-order chi connectivity index (χ1) is 8.44. The molecule has 0 saturated heterocycles. The Morgan fingerprint density at radius 2 is 1.74 bits per heavy atom. The van der Waals surface area contributed by atoms with Crippen LogP contribution in [0.4, 0.5) is 0 Å². The maximum atomic E-state index is 11.8. The maximum Gasteiger partial charge on any atom is 0.324 e. The highest BCUT2D eigenvalue weighted by atomic mass is 16.6. The third-order valence-corrected chi connectivity index (χ3v) is 1.83. The van der Waals surface area contributed by atoms with Crippen molar-refractivity contribution in [1.29, 1.82) is 0 Å². The standard InChI is InChI=1S/C13H25NO5/c1-12(2,3)18-10(16)9(7-8-15)14-11(17)19-13(4,5)6/h8-9,11,14,17H,7H2,1-6H3/t9-,11?/m0/s1. The van der Waals surface area contributed by atoms with Gasteiger partial charge in [-0.2, -0.15) is 0 Å². The lowest BCUT2D eigenvalue weighted by Crippen LogP contribution is -2.49. The number of aliphatic hydroxyl groups is 1. The molecule has 0 rings (SSSR count). The summed E-state index contributed by atoms with van der Waals surface area (Å²) in [5, 5.41) is 12.2. The Hall–Kier alpha value is -0.980. The smallest absolute Gasteiger partial charge is 0.324 e. The van der Waals surface area contributed by atoms with E-state index in [9.17, 15) is 14.7 Å². The van der Waals surface area contributed by atoms with Crippen LogP contribution in [0, 0.1) is 0 Å². The summed E-state index contributed by atoms with van der Waals surface area (Å²) in [5.74, 6) is -0.601. The molecule has 0 aromatic rings. The first-order valence-electron chi connectivity index (χ1n) is 6.23. The number of ether oxygens (including phenoxy) is 2. The van der Waals surface area contributed by atoms with Gasteiger partial charge in [0.15, 0.2) is 0 Å². The van der Waals surface area contributed by atoms with Gasteiger partial charge in [0.25, 0.3) is 0 Å². The number of aldehydes is 1. The molecule has 0 radical (unpaired) electrons. The summed E-state index contributed by atoms with van der Waals surface area (Å²) in [6.07, 6.45) is -0.859. The van der Waals surface area contributed by atoms with Gasteiger partial charge < -0.3 is 19.4 Å². The molecule has 0 amide bonds. The van der Waals surface area contributed by atoms with Crippen LogP contribution in [0.25, 0.3) is 0 Å². The van der Waals surface area contributed by atoms with Crippen molar-refractivity contribution in [2.24, 2.45) is 0 Å². The Morgan fingerprint density at radius 1 is 1.21 bits per heavy atom. The van der Waals surface area contributed by atoms with E-state index in [0.29, 0.717) is 6.29 Å². The maximum absolute atomic E-state index is 11.8. The number of aliphatic hydroxyl groups excluding tert-OH is 1. The first-order valence-corrected chi connectivity index (χ1v) is 6.23. The number of carbonyl (C=O) groups excluding carboxylic acids is 2. The van der Waals surface area contributed by atoms with Crippen molar-refractivity contribution in [3.8, 4) is 0 Å². The molecule has 0 aromatic carbocycles. The second kappa shape index (κ2) is 6.98. The van der Waals surface area contributed by atoms with Crippen molar-refractivity contribution in [3.05, 3.63) is 0 Å². The van der Waals surface area contributed by atoms with Crippen LogP contribution in [0.5, 0.6) is 0 Å². The van der Waals surface area contributed by atoms with Gasteiger partial charge in [0, 0.05) is 6.42 Å². The van der Waals surface area contributed by atoms with Crippen LogP contribution in [0.3, 0.4) is 0 Å². The molecular formula is C13H25NO5. The van der Waals surface area contributed by atoms with E-state index in [-0.39, 0.29) is 6.42 Å². The Bertz CT molecular complexity index is 303. The first kappa shape index (κ1) is 18.0. The van der Waals surface area contributed by atoms with Gasteiger partial charge in [-0.25, -0.2) is 0 Å². The number of esters is 1. The van der Waals surface area contributed by atoms with E-state index in [1.165, 1.54) is 0 Å². The van der Waals surface area contributed by atoms with Crippen molar-refractivity contribution < 1.29 is 24.2 Å². The van der Waals surface area contributed by atoms with E-state index < -0.39 is 29.6 Å². The second-order valence-electron chi connectivity index (χ2n) is 6.24. The zero-order valence-corrected chi connectivity index (χ0v) is 12.5. The number of carbonyl (C=O) groups is 2. The minimum absolute atomic E-state index is 0.0977. The topological polar surface area (TPSA) is 84.9 Å². The molecule has 112 valence electrons. The molecule has 0 aromatic heterocycles. The van der Waals surface area contributed by atoms with Gasteiger partial charge in [-0.05, 0) is 41.5 Å². The monoisotopic (exact) mass is 275 g/mol. The fourth-order valence-electron chi connectivity index (χ4n) is 1.24. The van der Waals surface area contributed by atoms with E-state index in [0.717, 1.165) is 0 Å². The van der Waals surface area contributed by atoms with E-state index >= 15 is 0 Å². The van der Waals surface area contributed by atoms with Crippen LogP contribution in [0.15, 0.2) is 0 Å². The van der Waals surface area contributed by atoms with Crippen molar-refractivity contribution in [3.63, 3.8) is 0 Å². The number of nitrogens with one attached hydrogen (secondary N) is 1. The molecule has 0 aliphatic rings. The fourth-order valence-corrected chi connectivity index (χ4v) is 1.24. The summed E-state index contributed by atoms with van der Waals surface area (Å²) < 4.78 is 10.4. The summed E-state index contributed by atoms with van der Waals surface area (Å²) in [5.41, 5.74) is -1.23. The molecule has 6 nitrogen and oxygen atoms in total. The lowest BCUT2D eigenvalue weighted by Gasteiger charge is -2.28. The highest BCUT2D eigenvalue weighted by Gasteiger charge is 2.28. The molecule has 0 saturated carbocycles. The van der Waals surface area contributed by atoms with Crippen molar-refractivity contribution in [2.45, 2.75) is 71.6 Å². The van der Waals surface area contributed by atoms with Gasteiger partial charge in [0.2, 0.25) is 6.41 Å². The lowest BCUT2D eigenvalue weighted by atomic mass is 10.1. The fraction of sp³-hybridized carbons (Fsp3) is 0.846. The SMILES string of the molecule is CC(C)(C)OC(=O)[C@H](CC=O)NC(O)OC(C)(C)C. The highest BCUT2D eigenvalue weighted by molar-refractivity contribution is 5.79. The molecule has 0 spiro atoms. The average molecular weight is 275 g/mol. The summed E-state index contributed by atoms with van der Waals surface area (Å²) in [4.78, 5) is 22.4. The molecule has 6 heteroatoms. The second-order valence-corrected chi connectivity index (χ2v) is 6.24. The van der Waals surface area contributed by atoms with Crippen LogP contribution in [-0.2, 0) is 19.1 Å². The van der Waals surface area contributed by atoms with Crippen LogP contribution in [-0.4, -0.2) is 41.0 Å². The normalized spacial score (nSPS) is 15.7. The third kappa shape index (κ3) is 9.58. The third-order valence-electron chi connectivity index (χ3n) is 1.83. The van der Waals surface area contributed by atoms with Crippen LogP contribution < -0.4 is 5.32 Å². The van der Waals surface area contributed by atoms with E-state index in [1.54, 1.807) is 41.5 Å². The van der Waals surface area contributed by atoms with E-state index in [1.807, 2.05) is 0 Å². The molecule has 1 unspecified atom stereocenters.